The third-order valence-electron chi connectivity index (χ3n) is 5.26. The Labute approximate surface area is 188 Å². The predicted molar refractivity (Wildman–Crippen MR) is 128 cm³/mol. The van der Waals surface area contributed by atoms with Gasteiger partial charge in [-0.05, 0) is 43.2 Å². The van der Waals surface area contributed by atoms with E-state index in [-0.39, 0.29) is 11.9 Å². The first-order chi connectivity index (χ1) is 15.7. The summed E-state index contributed by atoms with van der Waals surface area (Å²) in [6.45, 7) is 2.13. The van der Waals surface area contributed by atoms with Gasteiger partial charge in [-0.2, -0.15) is 0 Å². The molecule has 0 aliphatic heterocycles. The van der Waals surface area contributed by atoms with Crippen LogP contribution in [0, 0.1) is 0 Å². The number of hydrogen-bond acceptors (Lipinski definition) is 4. The van der Waals surface area contributed by atoms with E-state index in [1.807, 2.05) is 72.8 Å². The minimum atomic E-state index is -0.0156. The molecule has 4 aromatic rings. The van der Waals surface area contributed by atoms with E-state index in [4.69, 9.17) is 4.42 Å². The first-order valence-electron chi connectivity index (χ1n) is 10.9. The first-order valence-corrected chi connectivity index (χ1v) is 10.9. The van der Waals surface area contributed by atoms with Gasteiger partial charge in [-0.3, -0.25) is 4.79 Å². The number of oxazole rings is 1. The van der Waals surface area contributed by atoms with E-state index in [2.05, 4.69) is 34.7 Å². The number of carbonyl (C=O) groups excluding carboxylic acids is 1. The Balaban J connectivity index is 1.22. The molecule has 1 unspecified atom stereocenters. The van der Waals surface area contributed by atoms with E-state index in [1.54, 1.807) is 6.20 Å². The van der Waals surface area contributed by atoms with Gasteiger partial charge in [-0.15, -0.1) is 0 Å². The molecule has 0 aliphatic rings. The van der Waals surface area contributed by atoms with Gasteiger partial charge >= 0.3 is 0 Å². The summed E-state index contributed by atoms with van der Waals surface area (Å²) < 4.78 is 5.80. The number of nitrogens with zero attached hydrogens (tertiary/aromatic N) is 1. The Morgan fingerprint density at radius 3 is 2.28 bits per heavy atom. The number of aryl methyl sites for hydroxylation is 1. The quantitative estimate of drug-likeness (QED) is 0.322. The van der Waals surface area contributed by atoms with E-state index >= 15 is 0 Å². The maximum atomic E-state index is 12.3. The molecule has 0 radical (unpaired) electrons. The zero-order chi connectivity index (χ0) is 22.2. The van der Waals surface area contributed by atoms with Crippen molar-refractivity contribution in [3.63, 3.8) is 0 Å². The smallest absolute Gasteiger partial charge is 0.224 e. The van der Waals surface area contributed by atoms with Crippen LogP contribution in [0.4, 0.5) is 11.4 Å². The largest absolute Gasteiger partial charge is 0.441 e. The maximum absolute atomic E-state index is 12.3. The lowest BCUT2D eigenvalue weighted by Gasteiger charge is -2.16. The van der Waals surface area contributed by atoms with Crippen LogP contribution in [0.1, 0.15) is 37.3 Å². The van der Waals surface area contributed by atoms with Gasteiger partial charge in [0.25, 0.3) is 0 Å². The highest BCUT2D eigenvalue weighted by molar-refractivity contribution is 5.90. The fourth-order valence-corrected chi connectivity index (χ4v) is 3.51. The van der Waals surface area contributed by atoms with Crippen LogP contribution in [0.5, 0.6) is 0 Å². The van der Waals surface area contributed by atoms with Crippen molar-refractivity contribution in [1.29, 1.82) is 0 Å². The second-order valence-electron chi connectivity index (χ2n) is 7.74. The molecule has 0 saturated heterocycles. The Bertz CT molecular complexity index is 1120. The Hall–Kier alpha value is -3.86. The summed E-state index contributed by atoms with van der Waals surface area (Å²) in [7, 11) is 0. The Morgan fingerprint density at radius 2 is 1.56 bits per heavy atom. The number of benzene rings is 3. The summed E-state index contributed by atoms with van der Waals surface area (Å²) in [4.78, 5) is 16.6. The molecule has 0 fully saturated rings. The van der Waals surface area contributed by atoms with Gasteiger partial charge in [0.1, 0.15) is 0 Å². The zero-order valence-corrected chi connectivity index (χ0v) is 18.1. The number of nitrogens with one attached hydrogen (secondary N) is 2. The second-order valence-corrected chi connectivity index (χ2v) is 7.74. The molecule has 0 bridgehead atoms. The maximum Gasteiger partial charge on any atom is 0.224 e. The molecule has 5 heteroatoms. The van der Waals surface area contributed by atoms with E-state index in [0.29, 0.717) is 25.2 Å². The van der Waals surface area contributed by atoms with E-state index in [9.17, 15) is 4.79 Å². The van der Waals surface area contributed by atoms with Crippen LogP contribution < -0.4 is 10.6 Å². The van der Waals surface area contributed by atoms with Crippen molar-refractivity contribution >= 4 is 17.3 Å². The molecule has 0 spiro atoms. The van der Waals surface area contributed by atoms with Gasteiger partial charge in [0.05, 0.1) is 6.20 Å². The number of hydrogen-bond donors (Lipinski definition) is 2. The van der Waals surface area contributed by atoms with Crippen LogP contribution in [-0.4, -0.2) is 10.9 Å². The van der Waals surface area contributed by atoms with Crippen molar-refractivity contribution in [2.45, 2.75) is 32.2 Å². The van der Waals surface area contributed by atoms with Crippen molar-refractivity contribution in [2.24, 2.45) is 0 Å². The van der Waals surface area contributed by atoms with Crippen LogP contribution in [-0.2, 0) is 11.2 Å². The standard InChI is InChI=1S/C27H27N3O2/c1-20(21-9-4-2-5-10-21)29-23-15-17-24(18-16-23)30-26(31)13-8-14-27-28-19-25(32-27)22-11-6-3-7-12-22/h2-7,9-12,15-20,29H,8,13-14H2,1H3,(H,30,31). The van der Waals surface area contributed by atoms with Crippen molar-refractivity contribution < 1.29 is 9.21 Å². The molecular formula is C27H27N3O2. The predicted octanol–water partition coefficient (Wildman–Crippen LogP) is 6.48. The molecule has 1 aromatic heterocycles. The van der Waals surface area contributed by atoms with Crippen molar-refractivity contribution in [1.82, 2.24) is 4.98 Å². The molecule has 32 heavy (non-hydrogen) atoms. The molecule has 0 aliphatic carbocycles. The van der Waals surface area contributed by atoms with Crippen LogP contribution in [0.15, 0.2) is 95.5 Å². The van der Waals surface area contributed by atoms with Crippen molar-refractivity contribution in [3.8, 4) is 11.3 Å². The third kappa shape index (κ3) is 5.85. The van der Waals surface area contributed by atoms with E-state index in [1.165, 1.54) is 5.56 Å². The van der Waals surface area contributed by atoms with Crippen molar-refractivity contribution in [3.05, 3.63) is 103 Å². The van der Waals surface area contributed by atoms with Gasteiger partial charge in [0.2, 0.25) is 5.91 Å². The molecule has 162 valence electrons. The number of aromatic nitrogens is 1. The molecule has 1 amide bonds. The summed E-state index contributed by atoms with van der Waals surface area (Å²) in [5.41, 5.74) is 4.03. The normalized spacial score (nSPS) is 11.7. The van der Waals surface area contributed by atoms with Gasteiger partial charge in [0, 0.05) is 35.8 Å². The molecule has 1 atom stereocenters. The van der Waals surface area contributed by atoms with E-state index < -0.39 is 0 Å². The average Bonchev–Trinajstić information content (AvgIpc) is 3.30. The summed E-state index contributed by atoms with van der Waals surface area (Å²) in [5, 5.41) is 6.43. The minimum Gasteiger partial charge on any atom is -0.441 e. The van der Waals surface area contributed by atoms with Gasteiger partial charge in [0.15, 0.2) is 11.7 Å². The number of carbonyl (C=O) groups is 1. The van der Waals surface area contributed by atoms with Crippen LogP contribution >= 0.6 is 0 Å². The number of rotatable bonds is 9. The summed E-state index contributed by atoms with van der Waals surface area (Å²) in [5.74, 6) is 1.39. The molecule has 1 heterocycles. The monoisotopic (exact) mass is 425 g/mol. The number of anilines is 2. The lowest BCUT2D eigenvalue weighted by molar-refractivity contribution is -0.116. The highest BCUT2D eigenvalue weighted by atomic mass is 16.4. The summed E-state index contributed by atoms with van der Waals surface area (Å²) in [6.07, 6.45) is 3.45. The third-order valence-corrected chi connectivity index (χ3v) is 5.26. The second kappa shape index (κ2) is 10.4. The SMILES string of the molecule is CC(Nc1ccc(NC(=O)CCCc2ncc(-c3ccccc3)o2)cc1)c1ccccc1. The molecular weight excluding hydrogens is 398 g/mol. The molecule has 5 nitrogen and oxygen atoms in total. The lowest BCUT2D eigenvalue weighted by atomic mass is 10.1. The van der Waals surface area contributed by atoms with Crippen molar-refractivity contribution in [2.75, 3.05) is 10.6 Å². The highest BCUT2D eigenvalue weighted by Gasteiger charge is 2.09. The van der Waals surface area contributed by atoms with Gasteiger partial charge in [-0.25, -0.2) is 4.98 Å². The summed E-state index contributed by atoms with van der Waals surface area (Å²) >= 11 is 0. The van der Waals surface area contributed by atoms with Gasteiger partial charge in [-0.1, -0.05) is 60.7 Å². The molecule has 0 saturated carbocycles. The van der Waals surface area contributed by atoms with Gasteiger partial charge < -0.3 is 15.1 Å². The lowest BCUT2D eigenvalue weighted by Crippen LogP contribution is -2.11. The molecule has 2 N–H and O–H groups in total. The van der Waals surface area contributed by atoms with E-state index in [0.717, 1.165) is 22.7 Å². The summed E-state index contributed by atoms with van der Waals surface area (Å²) in [6, 6.07) is 28.2. The van der Waals surface area contributed by atoms with Crippen LogP contribution in [0.2, 0.25) is 0 Å². The Kier molecular flexibility index (Phi) is 6.98. The minimum absolute atomic E-state index is 0.0156. The topological polar surface area (TPSA) is 67.2 Å². The Morgan fingerprint density at radius 1 is 0.906 bits per heavy atom. The zero-order valence-electron chi connectivity index (χ0n) is 18.1. The average molecular weight is 426 g/mol. The first kappa shape index (κ1) is 21.4. The highest BCUT2D eigenvalue weighted by Crippen LogP contribution is 2.22. The van der Waals surface area contributed by atoms with Crippen LogP contribution in [0.25, 0.3) is 11.3 Å². The fraction of sp³-hybridized carbons (Fsp3) is 0.185. The van der Waals surface area contributed by atoms with Crippen LogP contribution in [0.3, 0.4) is 0 Å². The molecule has 4 rings (SSSR count). The fourth-order valence-electron chi connectivity index (χ4n) is 3.51. The number of amides is 1. The molecule has 3 aromatic carbocycles.